The maximum absolute atomic E-state index is 11.8. The van der Waals surface area contributed by atoms with Gasteiger partial charge in [-0.05, 0) is 43.7 Å². The first-order valence-electron chi connectivity index (χ1n) is 8.88. The number of aromatic amines is 1. The highest BCUT2D eigenvalue weighted by molar-refractivity contribution is 8.18. The van der Waals surface area contributed by atoms with Gasteiger partial charge in [0, 0.05) is 31.3 Å². The van der Waals surface area contributed by atoms with Gasteiger partial charge in [-0.15, -0.1) is 0 Å². The molecule has 2 amide bonds. The third-order valence-electron chi connectivity index (χ3n) is 4.59. The van der Waals surface area contributed by atoms with E-state index in [0.29, 0.717) is 28.9 Å². The van der Waals surface area contributed by atoms with Crippen molar-refractivity contribution in [3.05, 3.63) is 50.8 Å². The lowest BCUT2D eigenvalue weighted by molar-refractivity contribution is -0.115. The fourth-order valence-electron chi connectivity index (χ4n) is 3.36. The highest BCUT2D eigenvalue weighted by Crippen LogP contribution is 2.28. The molecular formula is C18H18N6O3S. The summed E-state index contributed by atoms with van der Waals surface area (Å²) in [5.74, 6) is 0.861. The average Bonchev–Trinajstić information content (AvgIpc) is 2.98. The van der Waals surface area contributed by atoms with Gasteiger partial charge in [0.1, 0.15) is 5.82 Å². The number of nitrogens with zero attached hydrogens (tertiary/aromatic N) is 4. The molecule has 2 fully saturated rings. The fraction of sp³-hybridized carbons (Fsp3) is 0.333. The molecule has 1 atom stereocenters. The summed E-state index contributed by atoms with van der Waals surface area (Å²) in [5, 5.41) is 1.84. The highest BCUT2D eigenvalue weighted by Gasteiger charge is 2.26. The van der Waals surface area contributed by atoms with Crippen molar-refractivity contribution in [2.45, 2.75) is 25.7 Å². The van der Waals surface area contributed by atoms with Crippen LogP contribution in [0, 0.1) is 6.92 Å². The minimum Gasteiger partial charge on any atom is -0.340 e. The Labute approximate surface area is 164 Å². The van der Waals surface area contributed by atoms with Crippen molar-refractivity contribution in [1.29, 1.82) is 0 Å². The first kappa shape index (κ1) is 18.4. The Kier molecular flexibility index (Phi) is 4.95. The number of nitrogens with one attached hydrogen (secondary N) is 2. The summed E-state index contributed by atoms with van der Waals surface area (Å²) in [6.07, 6.45) is 5.08. The first-order valence-corrected chi connectivity index (χ1v) is 9.70. The number of thioether (sulfide) groups is 1. The Morgan fingerprint density at radius 2 is 2.14 bits per heavy atom. The van der Waals surface area contributed by atoms with Crippen LogP contribution in [-0.2, 0) is 4.79 Å². The predicted molar refractivity (Wildman–Crippen MR) is 105 cm³/mol. The lowest BCUT2D eigenvalue weighted by Crippen LogP contribution is -2.36. The minimum atomic E-state index is -0.413. The normalized spacial score (nSPS) is 21.2. The zero-order chi connectivity index (χ0) is 19.7. The van der Waals surface area contributed by atoms with Gasteiger partial charge >= 0.3 is 0 Å². The summed E-state index contributed by atoms with van der Waals surface area (Å²) in [5.41, 5.74) is 1.19. The molecule has 0 spiro atoms. The van der Waals surface area contributed by atoms with E-state index >= 15 is 0 Å². The number of piperidine rings is 1. The summed E-state index contributed by atoms with van der Waals surface area (Å²) in [6, 6.07) is 3.24. The van der Waals surface area contributed by atoms with E-state index in [0.717, 1.165) is 36.8 Å². The van der Waals surface area contributed by atoms with Crippen molar-refractivity contribution in [2.24, 2.45) is 0 Å². The van der Waals surface area contributed by atoms with Crippen LogP contribution in [0.4, 0.5) is 10.7 Å². The number of carbonyl (C=O) groups is 2. The third-order valence-corrected chi connectivity index (χ3v) is 5.40. The van der Waals surface area contributed by atoms with Crippen molar-refractivity contribution in [3.8, 4) is 0 Å². The minimum absolute atomic E-state index is 0.120. The van der Waals surface area contributed by atoms with E-state index < -0.39 is 5.91 Å². The summed E-state index contributed by atoms with van der Waals surface area (Å²) in [7, 11) is 0. The van der Waals surface area contributed by atoms with E-state index in [4.69, 9.17) is 0 Å². The zero-order valence-corrected chi connectivity index (χ0v) is 16.0. The smallest absolute Gasteiger partial charge is 0.290 e. The van der Waals surface area contributed by atoms with Gasteiger partial charge < -0.3 is 9.88 Å². The second kappa shape index (κ2) is 7.55. The number of aryl methyl sites for hydroxylation is 1. The molecule has 0 radical (unpaired) electrons. The molecule has 2 N–H and O–H groups in total. The lowest BCUT2D eigenvalue weighted by Gasteiger charge is -2.32. The molecule has 0 aliphatic carbocycles. The van der Waals surface area contributed by atoms with E-state index in [1.165, 1.54) is 0 Å². The van der Waals surface area contributed by atoms with Crippen LogP contribution in [0.1, 0.15) is 36.0 Å². The largest absolute Gasteiger partial charge is 0.340 e. The summed E-state index contributed by atoms with van der Waals surface area (Å²) in [6.45, 7) is 3.23. The van der Waals surface area contributed by atoms with Gasteiger partial charge in [0.25, 0.3) is 16.7 Å². The van der Waals surface area contributed by atoms with Crippen LogP contribution in [0.2, 0.25) is 0 Å². The van der Waals surface area contributed by atoms with Crippen LogP contribution in [0.5, 0.6) is 0 Å². The predicted octanol–water partition coefficient (Wildman–Crippen LogP) is 1.58. The van der Waals surface area contributed by atoms with Crippen molar-refractivity contribution >= 4 is 34.9 Å². The van der Waals surface area contributed by atoms with E-state index in [1.807, 2.05) is 0 Å². The van der Waals surface area contributed by atoms with E-state index in [2.05, 4.69) is 30.2 Å². The summed E-state index contributed by atoms with van der Waals surface area (Å²) < 4.78 is 0. The number of hydrogen-bond donors (Lipinski definition) is 2. The Balaban J connectivity index is 1.56. The number of carbonyl (C=O) groups excluding carboxylic acids is 2. The molecule has 2 saturated heterocycles. The molecule has 2 aliphatic heterocycles. The maximum Gasteiger partial charge on any atom is 0.290 e. The molecule has 9 nitrogen and oxygen atoms in total. The SMILES string of the molecule is Cc1nc(C2CCCN(c3nccc(/C=C4/SC(=O)NC4=O)n3)C2)cc(=O)[nH]1. The van der Waals surface area contributed by atoms with Crippen molar-refractivity contribution in [3.63, 3.8) is 0 Å². The summed E-state index contributed by atoms with van der Waals surface area (Å²) in [4.78, 5) is 53.2. The van der Waals surface area contributed by atoms with E-state index in [1.54, 1.807) is 31.3 Å². The van der Waals surface area contributed by atoms with Gasteiger partial charge in [0.15, 0.2) is 0 Å². The Morgan fingerprint density at radius 3 is 2.89 bits per heavy atom. The van der Waals surface area contributed by atoms with Crippen molar-refractivity contribution in [1.82, 2.24) is 25.3 Å². The molecule has 0 bridgehead atoms. The number of amides is 2. The second-order valence-electron chi connectivity index (χ2n) is 6.67. The van der Waals surface area contributed by atoms with Gasteiger partial charge in [-0.2, -0.15) is 0 Å². The van der Waals surface area contributed by atoms with Gasteiger partial charge in [0.2, 0.25) is 5.95 Å². The van der Waals surface area contributed by atoms with Gasteiger partial charge in [-0.25, -0.2) is 15.0 Å². The first-order chi connectivity index (χ1) is 13.5. The number of hydrogen-bond acceptors (Lipinski definition) is 8. The van der Waals surface area contributed by atoms with Crippen molar-refractivity contribution < 1.29 is 9.59 Å². The number of H-pyrrole nitrogens is 1. The molecule has 2 aromatic rings. The molecule has 2 aliphatic rings. The quantitative estimate of drug-likeness (QED) is 0.748. The van der Waals surface area contributed by atoms with Crippen molar-refractivity contribution in [2.75, 3.05) is 18.0 Å². The molecule has 1 unspecified atom stereocenters. The lowest BCUT2D eigenvalue weighted by atomic mass is 9.94. The van der Waals surface area contributed by atoms with E-state index in [-0.39, 0.29) is 16.7 Å². The molecular weight excluding hydrogens is 380 g/mol. The topological polar surface area (TPSA) is 121 Å². The van der Waals surface area contributed by atoms with Crippen LogP contribution in [0.3, 0.4) is 0 Å². The Bertz CT molecular complexity index is 1030. The van der Waals surface area contributed by atoms with Crippen LogP contribution < -0.4 is 15.8 Å². The van der Waals surface area contributed by atoms with Crippen LogP contribution in [-0.4, -0.2) is 44.2 Å². The third kappa shape index (κ3) is 3.96. The molecule has 28 heavy (non-hydrogen) atoms. The number of aromatic nitrogens is 4. The monoisotopic (exact) mass is 398 g/mol. The molecule has 0 aromatic carbocycles. The van der Waals surface area contributed by atoms with Crippen LogP contribution >= 0.6 is 11.8 Å². The average molecular weight is 398 g/mol. The molecule has 0 saturated carbocycles. The number of imide groups is 1. The zero-order valence-electron chi connectivity index (χ0n) is 15.1. The fourth-order valence-corrected chi connectivity index (χ4v) is 4.03. The standard InChI is InChI=1S/C18H18N6O3S/c1-10-20-13(8-15(25)21-10)11-3-2-6-24(9-11)17-19-5-4-12(22-17)7-14-16(26)23-18(27)28-14/h4-5,7-8,11H,2-3,6,9H2,1H3,(H,20,21,25)(H,23,26,27)/b14-7+. The Hall–Kier alpha value is -3.01. The van der Waals surface area contributed by atoms with Crippen LogP contribution in [0.15, 0.2) is 28.0 Å². The molecule has 4 rings (SSSR count). The summed E-state index contributed by atoms with van der Waals surface area (Å²) >= 11 is 0.857. The van der Waals surface area contributed by atoms with Gasteiger partial charge in [-0.3, -0.25) is 19.7 Å². The maximum atomic E-state index is 11.8. The second-order valence-corrected chi connectivity index (χ2v) is 7.69. The molecule has 4 heterocycles. The highest BCUT2D eigenvalue weighted by atomic mass is 32.2. The Morgan fingerprint density at radius 1 is 1.29 bits per heavy atom. The molecule has 2 aromatic heterocycles. The molecule has 10 heteroatoms. The van der Waals surface area contributed by atoms with Gasteiger partial charge in [-0.1, -0.05) is 0 Å². The number of rotatable bonds is 3. The van der Waals surface area contributed by atoms with E-state index in [9.17, 15) is 14.4 Å². The van der Waals surface area contributed by atoms with Crippen LogP contribution in [0.25, 0.3) is 6.08 Å². The van der Waals surface area contributed by atoms with Gasteiger partial charge in [0.05, 0.1) is 16.3 Å². The number of anilines is 1. The molecule has 144 valence electrons.